The molecule has 0 aliphatic heterocycles. The number of nitrogens with one attached hydrogen (secondary N) is 1. The summed E-state index contributed by atoms with van der Waals surface area (Å²) in [5, 5.41) is 13.0. The van der Waals surface area contributed by atoms with E-state index in [0.717, 1.165) is 11.8 Å². The molecule has 4 nitrogen and oxygen atoms in total. The number of aliphatic hydroxyl groups is 1. The lowest BCUT2D eigenvalue weighted by molar-refractivity contribution is -0.121. The summed E-state index contributed by atoms with van der Waals surface area (Å²) in [7, 11) is 0. The van der Waals surface area contributed by atoms with Crippen LogP contribution < -0.4 is 5.32 Å². The van der Waals surface area contributed by atoms with Crippen LogP contribution in [0.4, 0.5) is 4.39 Å². The van der Waals surface area contributed by atoms with Crippen molar-refractivity contribution >= 4 is 5.91 Å². The Labute approximate surface area is 135 Å². The molecule has 23 heavy (non-hydrogen) atoms. The molecule has 0 aliphatic carbocycles. The molecule has 1 amide bonds. The van der Waals surface area contributed by atoms with Crippen LogP contribution in [-0.2, 0) is 11.2 Å². The number of nitrogens with zero attached hydrogens (tertiary/aromatic N) is 1. The van der Waals surface area contributed by atoms with E-state index < -0.39 is 11.9 Å². The third-order valence-electron chi connectivity index (χ3n) is 3.57. The lowest BCUT2D eigenvalue weighted by Gasteiger charge is -2.18. The lowest BCUT2D eigenvalue weighted by Crippen LogP contribution is -2.33. The second kappa shape index (κ2) is 8.39. The Morgan fingerprint density at radius 1 is 1.30 bits per heavy atom. The predicted octanol–water partition coefficient (Wildman–Crippen LogP) is 2.78. The Morgan fingerprint density at radius 2 is 2.04 bits per heavy atom. The molecule has 0 spiro atoms. The zero-order chi connectivity index (χ0) is 16.7. The number of hydrogen-bond acceptors (Lipinski definition) is 3. The maximum Gasteiger partial charge on any atom is 0.220 e. The second-order valence-electron chi connectivity index (χ2n) is 5.64. The highest BCUT2D eigenvalue weighted by Gasteiger charge is 2.14. The highest BCUT2D eigenvalue weighted by molar-refractivity contribution is 5.76. The average molecular weight is 316 g/mol. The van der Waals surface area contributed by atoms with Gasteiger partial charge in [-0.1, -0.05) is 30.3 Å². The Hall–Kier alpha value is -2.27. The molecule has 2 unspecified atom stereocenters. The minimum atomic E-state index is -0.612. The fourth-order valence-electron chi connectivity index (χ4n) is 2.40. The van der Waals surface area contributed by atoms with Gasteiger partial charge in [-0.15, -0.1) is 0 Å². The normalized spacial score (nSPS) is 13.3. The third-order valence-corrected chi connectivity index (χ3v) is 3.57. The molecular formula is C18H21FN2O2. The maximum atomic E-state index is 13.0. The molecule has 2 N–H and O–H groups in total. The van der Waals surface area contributed by atoms with Crippen LogP contribution in [0.5, 0.6) is 0 Å². The number of aryl methyl sites for hydroxylation is 1. The second-order valence-corrected chi connectivity index (χ2v) is 5.64. The van der Waals surface area contributed by atoms with E-state index in [4.69, 9.17) is 0 Å². The van der Waals surface area contributed by atoms with Crippen LogP contribution in [0, 0.1) is 5.82 Å². The van der Waals surface area contributed by atoms with Gasteiger partial charge in [-0.2, -0.15) is 0 Å². The summed E-state index contributed by atoms with van der Waals surface area (Å²) in [4.78, 5) is 15.7. The summed E-state index contributed by atoms with van der Waals surface area (Å²) in [5.41, 5.74) is 1.52. The van der Waals surface area contributed by atoms with Gasteiger partial charge < -0.3 is 10.4 Å². The van der Waals surface area contributed by atoms with E-state index in [1.165, 1.54) is 6.07 Å². The van der Waals surface area contributed by atoms with Crippen LogP contribution in [0.2, 0.25) is 0 Å². The highest BCUT2D eigenvalue weighted by Crippen LogP contribution is 2.17. The molecule has 2 atom stereocenters. The monoisotopic (exact) mass is 316 g/mol. The molecule has 2 rings (SSSR count). The zero-order valence-corrected chi connectivity index (χ0v) is 13.1. The number of carbonyl (C=O) groups excluding carboxylic acids is 1. The van der Waals surface area contributed by atoms with Gasteiger partial charge in [-0.3, -0.25) is 9.78 Å². The smallest absolute Gasteiger partial charge is 0.220 e. The van der Waals surface area contributed by atoms with Crippen molar-refractivity contribution in [1.82, 2.24) is 10.3 Å². The van der Waals surface area contributed by atoms with E-state index in [0.29, 0.717) is 18.4 Å². The lowest BCUT2D eigenvalue weighted by atomic mass is 10.0. The van der Waals surface area contributed by atoms with E-state index in [-0.39, 0.29) is 18.4 Å². The minimum absolute atomic E-state index is 0.123. The van der Waals surface area contributed by atoms with Gasteiger partial charge in [0.2, 0.25) is 5.91 Å². The fourth-order valence-corrected chi connectivity index (χ4v) is 2.40. The molecule has 0 saturated carbocycles. The first kappa shape index (κ1) is 17.1. The Kier molecular flexibility index (Phi) is 6.23. The van der Waals surface area contributed by atoms with Crippen molar-refractivity contribution in [2.45, 2.75) is 38.3 Å². The number of benzene rings is 1. The molecule has 122 valence electrons. The maximum absolute atomic E-state index is 13.0. The SMILES string of the molecule is CC(CC(O)c1ccccc1)NC(=O)CCc1cncc(F)c1. The van der Waals surface area contributed by atoms with Gasteiger partial charge >= 0.3 is 0 Å². The third kappa shape index (κ3) is 5.79. The first-order chi connectivity index (χ1) is 11.0. The number of aromatic nitrogens is 1. The van der Waals surface area contributed by atoms with Crippen molar-refractivity contribution in [1.29, 1.82) is 0 Å². The number of aliphatic hydroxyl groups excluding tert-OH is 1. The molecule has 1 aromatic heterocycles. The summed E-state index contributed by atoms with van der Waals surface area (Å²) < 4.78 is 13.0. The molecule has 5 heteroatoms. The molecule has 0 bridgehead atoms. The molecule has 0 aliphatic rings. The van der Waals surface area contributed by atoms with Gasteiger partial charge in [-0.05, 0) is 37.0 Å². The van der Waals surface area contributed by atoms with Crippen molar-refractivity contribution < 1.29 is 14.3 Å². The van der Waals surface area contributed by atoms with Gasteiger partial charge in [0.05, 0.1) is 12.3 Å². The summed E-state index contributed by atoms with van der Waals surface area (Å²) in [5.74, 6) is -0.524. The Morgan fingerprint density at radius 3 is 2.74 bits per heavy atom. The molecule has 0 saturated heterocycles. The van der Waals surface area contributed by atoms with Gasteiger partial charge in [0.1, 0.15) is 5.82 Å². The number of halogens is 1. The number of rotatable bonds is 7. The van der Waals surface area contributed by atoms with Crippen molar-refractivity contribution in [2.24, 2.45) is 0 Å². The van der Waals surface area contributed by atoms with Gasteiger partial charge in [0.15, 0.2) is 0 Å². The van der Waals surface area contributed by atoms with E-state index in [2.05, 4.69) is 10.3 Å². The first-order valence-corrected chi connectivity index (χ1v) is 7.66. The van der Waals surface area contributed by atoms with Crippen LogP contribution in [0.3, 0.4) is 0 Å². The van der Waals surface area contributed by atoms with Crippen LogP contribution in [0.25, 0.3) is 0 Å². The quantitative estimate of drug-likeness (QED) is 0.825. The molecule has 1 aromatic carbocycles. The summed E-state index contributed by atoms with van der Waals surface area (Å²) in [6.45, 7) is 1.85. The Bertz CT molecular complexity index is 634. The number of carbonyl (C=O) groups is 1. The first-order valence-electron chi connectivity index (χ1n) is 7.66. The van der Waals surface area contributed by atoms with Crippen molar-refractivity contribution in [2.75, 3.05) is 0 Å². The topological polar surface area (TPSA) is 62.2 Å². The highest BCUT2D eigenvalue weighted by atomic mass is 19.1. The largest absolute Gasteiger partial charge is 0.388 e. The Balaban J connectivity index is 1.76. The van der Waals surface area contributed by atoms with Crippen molar-refractivity contribution in [3.05, 3.63) is 65.7 Å². The summed E-state index contributed by atoms with van der Waals surface area (Å²) >= 11 is 0. The van der Waals surface area contributed by atoms with Crippen LogP contribution in [0.15, 0.2) is 48.8 Å². The number of hydrogen-bond donors (Lipinski definition) is 2. The number of amides is 1. The molecule has 0 radical (unpaired) electrons. The van der Waals surface area contributed by atoms with E-state index in [1.54, 1.807) is 6.20 Å². The van der Waals surface area contributed by atoms with E-state index in [1.807, 2.05) is 37.3 Å². The van der Waals surface area contributed by atoms with Crippen LogP contribution >= 0.6 is 0 Å². The van der Waals surface area contributed by atoms with Crippen molar-refractivity contribution in [3.63, 3.8) is 0 Å². The fraction of sp³-hybridized carbons (Fsp3) is 0.333. The number of pyridine rings is 1. The standard InChI is InChI=1S/C18H21FN2O2/c1-13(9-17(22)15-5-3-2-4-6-15)21-18(23)8-7-14-10-16(19)12-20-11-14/h2-6,10-13,17,22H,7-9H2,1H3,(H,21,23). The summed E-state index contributed by atoms with van der Waals surface area (Å²) in [6, 6.07) is 10.6. The van der Waals surface area contributed by atoms with Crippen LogP contribution in [0.1, 0.15) is 37.0 Å². The predicted molar refractivity (Wildman–Crippen MR) is 86.1 cm³/mol. The van der Waals surface area contributed by atoms with Gasteiger partial charge in [0.25, 0.3) is 0 Å². The minimum Gasteiger partial charge on any atom is -0.388 e. The molecule has 1 heterocycles. The summed E-state index contributed by atoms with van der Waals surface area (Å²) in [6.07, 6.45) is 3.22. The zero-order valence-electron chi connectivity index (χ0n) is 13.1. The average Bonchev–Trinajstić information content (AvgIpc) is 2.53. The molecular weight excluding hydrogens is 295 g/mol. The van der Waals surface area contributed by atoms with Crippen molar-refractivity contribution in [3.8, 4) is 0 Å². The van der Waals surface area contributed by atoms with Crippen LogP contribution in [-0.4, -0.2) is 22.0 Å². The van der Waals surface area contributed by atoms with E-state index >= 15 is 0 Å². The molecule has 2 aromatic rings. The van der Waals surface area contributed by atoms with E-state index in [9.17, 15) is 14.3 Å². The van der Waals surface area contributed by atoms with Gasteiger partial charge in [-0.25, -0.2) is 4.39 Å². The molecule has 0 fully saturated rings. The van der Waals surface area contributed by atoms with Gasteiger partial charge in [0, 0.05) is 18.7 Å².